The number of thiazole rings is 1. The Balaban J connectivity index is 1.95. The van der Waals surface area contributed by atoms with E-state index in [1.807, 2.05) is 24.3 Å². The fourth-order valence-corrected chi connectivity index (χ4v) is 2.30. The van der Waals surface area contributed by atoms with E-state index in [0.717, 1.165) is 11.3 Å². The van der Waals surface area contributed by atoms with Crippen LogP contribution in [-0.4, -0.2) is 23.2 Å². The van der Waals surface area contributed by atoms with E-state index in [0.29, 0.717) is 17.4 Å². The molecule has 0 aliphatic carbocycles. The van der Waals surface area contributed by atoms with Crippen molar-refractivity contribution in [2.45, 2.75) is 12.6 Å². The molecule has 20 heavy (non-hydrogen) atoms. The average molecular weight is 293 g/mol. The van der Waals surface area contributed by atoms with Crippen LogP contribution in [0.4, 0.5) is 5.13 Å². The number of carboxylic acids is 1. The van der Waals surface area contributed by atoms with E-state index in [2.05, 4.69) is 10.3 Å². The summed E-state index contributed by atoms with van der Waals surface area (Å²) in [5, 5.41) is 14.2. The minimum Gasteiger partial charge on any atom is -0.497 e. The van der Waals surface area contributed by atoms with Crippen LogP contribution < -0.4 is 15.8 Å². The van der Waals surface area contributed by atoms with Crippen molar-refractivity contribution in [2.75, 3.05) is 12.4 Å². The van der Waals surface area contributed by atoms with E-state index in [-0.39, 0.29) is 0 Å². The third-order valence-corrected chi connectivity index (χ3v) is 3.53. The van der Waals surface area contributed by atoms with E-state index in [1.54, 1.807) is 12.5 Å². The fourth-order valence-electron chi connectivity index (χ4n) is 1.56. The first-order valence-corrected chi connectivity index (χ1v) is 6.78. The molecule has 1 unspecified atom stereocenters. The third kappa shape index (κ3) is 3.46. The van der Waals surface area contributed by atoms with Gasteiger partial charge in [0.1, 0.15) is 11.8 Å². The lowest BCUT2D eigenvalue weighted by Gasteiger charge is -2.05. The van der Waals surface area contributed by atoms with Gasteiger partial charge in [-0.3, -0.25) is 4.79 Å². The summed E-state index contributed by atoms with van der Waals surface area (Å²) in [6, 6.07) is 6.57. The molecule has 0 aliphatic heterocycles. The normalized spacial score (nSPS) is 11.9. The lowest BCUT2D eigenvalue weighted by molar-refractivity contribution is -0.138. The largest absolute Gasteiger partial charge is 0.497 e. The molecule has 0 saturated heterocycles. The van der Waals surface area contributed by atoms with Gasteiger partial charge >= 0.3 is 5.97 Å². The van der Waals surface area contributed by atoms with Crippen molar-refractivity contribution in [3.05, 3.63) is 40.9 Å². The van der Waals surface area contributed by atoms with Crippen molar-refractivity contribution in [3.8, 4) is 5.75 Å². The number of nitrogens with one attached hydrogen (secondary N) is 1. The van der Waals surface area contributed by atoms with Crippen LogP contribution in [0, 0.1) is 0 Å². The molecule has 1 atom stereocenters. The highest BCUT2D eigenvalue weighted by Crippen LogP contribution is 2.20. The first-order chi connectivity index (χ1) is 9.60. The first-order valence-electron chi connectivity index (χ1n) is 5.90. The molecule has 2 aromatic rings. The molecule has 0 fully saturated rings. The second kappa shape index (κ2) is 6.36. The molecule has 1 heterocycles. The van der Waals surface area contributed by atoms with Crippen LogP contribution in [0.25, 0.3) is 0 Å². The molecule has 0 saturated carbocycles. The third-order valence-electron chi connectivity index (χ3n) is 2.71. The highest BCUT2D eigenvalue weighted by Gasteiger charge is 2.17. The number of aliphatic carboxylic acids is 1. The molecule has 0 aliphatic rings. The Kier molecular flexibility index (Phi) is 4.54. The van der Waals surface area contributed by atoms with E-state index >= 15 is 0 Å². The number of hydrogen-bond donors (Lipinski definition) is 3. The van der Waals surface area contributed by atoms with Crippen LogP contribution in [0.15, 0.2) is 29.6 Å². The number of carboxylic acid groups (broad SMARTS) is 1. The summed E-state index contributed by atoms with van der Waals surface area (Å²) in [4.78, 5) is 14.9. The Morgan fingerprint density at radius 2 is 2.20 bits per heavy atom. The van der Waals surface area contributed by atoms with E-state index in [9.17, 15) is 4.79 Å². The van der Waals surface area contributed by atoms with Crippen molar-refractivity contribution in [1.82, 2.24) is 4.98 Å². The smallest absolute Gasteiger partial charge is 0.326 e. The zero-order valence-electron chi connectivity index (χ0n) is 10.9. The van der Waals surface area contributed by atoms with Gasteiger partial charge in [-0.25, -0.2) is 4.98 Å². The summed E-state index contributed by atoms with van der Waals surface area (Å²) in [5.74, 6) is -0.283. The van der Waals surface area contributed by atoms with E-state index in [4.69, 9.17) is 15.6 Å². The number of nitrogens with zero attached hydrogens (tertiary/aromatic N) is 1. The van der Waals surface area contributed by atoms with Crippen LogP contribution in [0.3, 0.4) is 0 Å². The molecule has 6 nitrogen and oxygen atoms in total. The van der Waals surface area contributed by atoms with Crippen LogP contribution in [-0.2, 0) is 11.3 Å². The maximum absolute atomic E-state index is 10.8. The molecule has 0 spiro atoms. The molecule has 1 aromatic carbocycles. The lowest BCUT2D eigenvalue weighted by Crippen LogP contribution is -2.20. The Morgan fingerprint density at radius 1 is 1.50 bits per heavy atom. The highest BCUT2D eigenvalue weighted by molar-refractivity contribution is 7.13. The van der Waals surface area contributed by atoms with E-state index in [1.165, 1.54) is 11.3 Å². The van der Waals surface area contributed by atoms with Crippen LogP contribution in [0.2, 0.25) is 0 Å². The number of rotatable bonds is 6. The predicted octanol–water partition coefficient (Wildman–Crippen LogP) is 1.85. The summed E-state index contributed by atoms with van der Waals surface area (Å²) in [6.45, 7) is 0.596. The van der Waals surface area contributed by atoms with Gasteiger partial charge in [0.2, 0.25) is 0 Å². The molecular weight excluding hydrogens is 278 g/mol. The minimum absolute atomic E-state index is 0.361. The van der Waals surface area contributed by atoms with Crippen molar-refractivity contribution >= 4 is 22.4 Å². The minimum atomic E-state index is -1.09. The van der Waals surface area contributed by atoms with Crippen LogP contribution in [0.1, 0.15) is 17.3 Å². The van der Waals surface area contributed by atoms with Gasteiger partial charge in [0.25, 0.3) is 0 Å². The zero-order valence-corrected chi connectivity index (χ0v) is 11.7. The van der Waals surface area contributed by atoms with Crippen molar-refractivity contribution in [2.24, 2.45) is 5.73 Å². The summed E-state index contributed by atoms with van der Waals surface area (Å²) in [7, 11) is 1.62. The molecular formula is C13H15N3O3S. The Hall–Kier alpha value is -2.12. The number of aromatic nitrogens is 1. The molecule has 0 radical (unpaired) electrons. The van der Waals surface area contributed by atoms with Gasteiger partial charge < -0.3 is 20.9 Å². The Labute approximate surface area is 120 Å². The molecule has 0 bridgehead atoms. The van der Waals surface area contributed by atoms with Gasteiger partial charge in [-0.05, 0) is 17.7 Å². The van der Waals surface area contributed by atoms with Gasteiger partial charge in [0, 0.05) is 11.9 Å². The fraction of sp³-hybridized carbons (Fsp3) is 0.231. The number of anilines is 1. The maximum Gasteiger partial charge on any atom is 0.326 e. The second-order valence-electron chi connectivity index (χ2n) is 4.10. The lowest BCUT2D eigenvalue weighted by atomic mass is 10.2. The standard InChI is InChI=1S/C13H15N3O3S/c1-19-9-4-2-8(3-5-9)6-15-13-16-10(7-20-13)11(14)12(17)18/h2-5,7,11H,6,14H2,1H3,(H,15,16)(H,17,18). The Bertz CT molecular complexity index is 583. The topological polar surface area (TPSA) is 97.5 Å². The number of benzene rings is 1. The van der Waals surface area contributed by atoms with Crippen LogP contribution >= 0.6 is 11.3 Å². The zero-order chi connectivity index (χ0) is 14.5. The molecule has 1 aromatic heterocycles. The predicted molar refractivity (Wildman–Crippen MR) is 77.0 cm³/mol. The number of methoxy groups -OCH3 is 1. The number of ether oxygens (including phenoxy) is 1. The monoisotopic (exact) mass is 293 g/mol. The van der Waals surface area contributed by atoms with E-state index < -0.39 is 12.0 Å². The second-order valence-corrected chi connectivity index (χ2v) is 4.95. The number of carbonyl (C=O) groups is 1. The summed E-state index contributed by atoms with van der Waals surface area (Å²) in [5.41, 5.74) is 6.93. The molecule has 7 heteroatoms. The number of hydrogen-bond acceptors (Lipinski definition) is 6. The van der Waals surface area contributed by atoms with Gasteiger partial charge in [0.05, 0.1) is 12.8 Å². The maximum atomic E-state index is 10.8. The summed E-state index contributed by atoms with van der Waals surface area (Å²) < 4.78 is 5.08. The molecule has 0 amide bonds. The summed E-state index contributed by atoms with van der Waals surface area (Å²) >= 11 is 1.33. The first kappa shape index (κ1) is 14.3. The number of nitrogens with two attached hydrogens (primary N) is 1. The quantitative estimate of drug-likeness (QED) is 0.752. The Morgan fingerprint density at radius 3 is 2.80 bits per heavy atom. The van der Waals surface area contributed by atoms with Gasteiger partial charge in [-0.2, -0.15) is 0 Å². The van der Waals surface area contributed by atoms with Crippen LogP contribution in [0.5, 0.6) is 5.75 Å². The molecule has 4 N–H and O–H groups in total. The summed E-state index contributed by atoms with van der Waals surface area (Å²) in [6.07, 6.45) is 0. The average Bonchev–Trinajstić information content (AvgIpc) is 2.93. The highest BCUT2D eigenvalue weighted by atomic mass is 32.1. The van der Waals surface area contributed by atoms with Crippen molar-refractivity contribution < 1.29 is 14.6 Å². The molecule has 2 rings (SSSR count). The van der Waals surface area contributed by atoms with Crippen molar-refractivity contribution in [3.63, 3.8) is 0 Å². The SMILES string of the molecule is COc1ccc(CNc2nc(C(N)C(=O)O)cs2)cc1. The molecule has 106 valence electrons. The van der Waals surface area contributed by atoms with Gasteiger partial charge in [-0.1, -0.05) is 12.1 Å². The van der Waals surface area contributed by atoms with Gasteiger partial charge in [0.15, 0.2) is 5.13 Å². The van der Waals surface area contributed by atoms with Crippen molar-refractivity contribution in [1.29, 1.82) is 0 Å². The van der Waals surface area contributed by atoms with Gasteiger partial charge in [-0.15, -0.1) is 11.3 Å².